The van der Waals surface area contributed by atoms with Gasteiger partial charge in [-0.15, -0.1) is 6.58 Å². The van der Waals surface area contributed by atoms with Crippen LogP contribution in [0.5, 0.6) is 0 Å². The van der Waals surface area contributed by atoms with Crippen molar-refractivity contribution in [2.75, 3.05) is 25.1 Å². The van der Waals surface area contributed by atoms with Crippen LogP contribution in [0.15, 0.2) is 30.9 Å². The first-order valence-corrected chi connectivity index (χ1v) is 10.4. The Kier molecular flexibility index (Phi) is 15.7. The Balaban J connectivity index is 0.00000105. The second-order valence-electron chi connectivity index (χ2n) is 6.90. The minimum atomic E-state index is -0.360. The zero-order valence-electron chi connectivity index (χ0n) is 18.6. The van der Waals surface area contributed by atoms with E-state index in [1.54, 1.807) is 13.2 Å². The molecular weight excluding hydrogens is 382 g/mol. The van der Waals surface area contributed by atoms with Gasteiger partial charge in [0, 0.05) is 31.5 Å². The summed E-state index contributed by atoms with van der Waals surface area (Å²) in [5.41, 5.74) is 6.85. The fraction of sp³-hybridized carbons (Fsp3) is 0.522. The number of amides is 2. The van der Waals surface area contributed by atoms with Gasteiger partial charge in [-0.3, -0.25) is 20.4 Å². The average Bonchev–Trinajstić information content (AvgIpc) is 2.80. The highest BCUT2D eigenvalue weighted by Gasteiger charge is 2.19. The molecule has 7 heteroatoms. The van der Waals surface area contributed by atoms with Crippen LogP contribution >= 0.6 is 0 Å². The molecule has 0 unspecified atom stereocenters. The van der Waals surface area contributed by atoms with Gasteiger partial charge in [-0.05, 0) is 42.5 Å². The third-order valence-electron chi connectivity index (χ3n) is 4.82. The van der Waals surface area contributed by atoms with Gasteiger partial charge in [0.05, 0.1) is 6.61 Å². The van der Waals surface area contributed by atoms with E-state index in [1.807, 2.05) is 25.0 Å². The van der Waals surface area contributed by atoms with E-state index in [1.165, 1.54) is 19.3 Å². The van der Waals surface area contributed by atoms with E-state index in [0.29, 0.717) is 24.5 Å². The molecule has 0 aliphatic carbocycles. The smallest absolute Gasteiger partial charge is 0.270 e. The minimum absolute atomic E-state index is 0.334. The number of anilines is 1. The van der Waals surface area contributed by atoms with E-state index in [0.717, 1.165) is 37.2 Å². The second-order valence-corrected chi connectivity index (χ2v) is 6.90. The van der Waals surface area contributed by atoms with E-state index in [2.05, 4.69) is 36.2 Å². The zero-order valence-corrected chi connectivity index (χ0v) is 18.6. The second kappa shape index (κ2) is 17.2. The largest absolute Gasteiger partial charge is 0.380 e. The number of methoxy groups -OCH3 is 1. The summed E-state index contributed by atoms with van der Waals surface area (Å²) >= 11 is 0. The van der Waals surface area contributed by atoms with Crippen LogP contribution in [0.2, 0.25) is 0 Å². The van der Waals surface area contributed by atoms with Gasteiger partial charge < -0.3 is 14.4 Å². The molecule has 2 amide bonds. The number of hydrogen-bond donors (Lipinski definition) is 2. The molecule has 168 valence electrons. The van der Waals surface area contributed by atoms with E-state index >= 15 is 0 Å². The van der Waals surface area contributed by atoms with Crippen LogP contribution in [-0.4, -0.2) is 39.3 Å². The molecule has 1 aliphatic heterocycles. The predicted molar refractivity (Wildman–Crippen MR) is 121 cm³/mol. The summed E-state index contributed by atoms with van der Waals surface area (Å²) in [6, 6.07) is 5.68. The third kappa shape index (κ3) is 9.69. The van der Waals surface area contributed by atoms with Crippen molar-refractivity contribution in [3.63, 3.8) is 0 Å². The average molecular weight is 420 g/mol. The maximum absolute atomic E-state index is 12.1. The SMILES string of the molecule is C=CC1CCN(c2ccc(C(=O)NNC=O)c(COC)c2)CC1.C=O.CCCCC. The van der Waals surface area contributed by atoms with Crippen molar-refractivity contribution < 1.29 is 19.1 Å². The van der Waals surface area contributed by atoms with Crippen molar-refractivity contribution in [1.29, 1.82) is 0 Å². The Bertz CT molecular complexity index is 627. The molecule has 7 nitrogen and oxygen atoms in total. The molecule has 2 rings (SSSR count). The first-order chi connectivity index (χ1) is 14.6. The number of piperidine rings is 1. The van der Waals surface area contributed by atoms with E-state index < -0.39 is 0 Å². The maximum atomic E-state index is 12.1. The summed E-state index contributed by atoms with van der Waals surface area (Å²) in [5.74, 6) is 0.227. The lowest BCUT2D eigenvalue weighted by Gasteiger charge is -2.32. The maximum Gasteiger partial charge on any atom is 0.270 e. The van der Waals surface area contributed by atoms with Gasteiger partial charge in [0.2, 0.25) is 6.41 Å². The fourth-order valence-electron chi connectivity index (χ4n) is 3.18. The van der Waals surface area contributed by atoms with Gasteiger partial charge >= 0.3 is 0 Å². The monoisotopic (exact) mass is 419 g/mol. The lowest BCUT2D eigenvalue weighted by Crippen LogP contribution is -2.37. The first-order valence-electron chi connectivity index (χ1n) is 10.4. The van der Waals surface area contributed by atoms with Gasteiger partial charge in [0.15, 0.2) is 0 Å². The Morgan fingerprint density at radius 2 is 1.87 bits per heavy atom. The van der Waals surface area contributed by atoms with Gasteiger partial charge in [-0.2, -0.15) is 0 Å². The van der Waals surface area contributed by atoms with Crippen molar-refractivity contribution in [3.05, 3.63) is 42.0 Å². The summed E-state index contributed by atoms with van der Waals surface area (Å²) in [6.07, 6.45) is 8.71. The van der Waals surface area contributed by atoms with Gasteiger partial charge in [0.1, 0.15) is 6.79 Å². The molecule has 0 aromatic heterocycles. The standard InChI is InChI=1S/C17H23N3O3.C5H12.CH2O/c1-3-13-6-8-20(9-7-13)15-4-5-16(14(10-15)11-23-2)17(22)19-18-12-21;1-3-5-4-2;1-2/h3-5,10,12-13H,1,6-9,11H2,2H3,(H,18,21)(H,19,22);3-5H2,1-2H3;1H2. The summed E-state index contributed by atoms with van der Waals surface area (Å²) in [4.78, 5) is 32.7. The van der Waals surface area contributed by atoms with Crippen LogP contribution in [0.3, 0.4) is 0 Å². The lowest BCUT2D eigenvalue weighted by atomic mass is 9.96. The van der Waals surface area contributed by atoms with Crippen molar-refractivity contribution in [1.82, 2.24) is 10.9 Å². The molecule has 0 bridgehead atoms. The van der Waals surface area contributed by atoms with Crippen LogP contribution in [-0.2, 0) is 20.9 Å². The first kappa shape index (κ1) is 27.3. The Morgan fingerprint density at radius 1 is 1.23 bits per heavy atom. The summed E-state index contributed by atoms with van der Waals surface area (Å²) in [7, 11) is 1.59. The number of hydrazine groups is 1. The molecular formula is C23H37N3O4. The molecule has 0 atom stereocenters. The Labute approximate surface area is 180 Å². The molecule has 0 radical (unpaired) electrons. The van der Waals surface area contributed by atoms with Crippen LogP contribution in [0, 0.1) is 5.92 Å². The quantitative estimate of drug-likeness (QED) is 0.362. The molecule has 1 aliphatic rings. The number of nitrogens with zero attached hydrogens (tertiary/aromatic N) is 1. The number of unbranched alkanes of at least 4 members (excludes halogenated alkanes) is 2. The van der Waals surface area contributed by atoms with E-state index in [9.17, 15) is 9.59 Å². The van der Waals surface area contributed by atoms with Gasteiger partial charge in [-0.1, -0.05) is 39.2 Å². The molecule has 1 fully saturated rings. The number of allylic oxidation sites excluding steroid dienone is 1. The van der Waals surface area contributed by atoms with Crippen molar-refractivity contribution in [2.45, 2.75) is 52.6 Å². The number of benzene rings is 1. The number of hydrogen-bond acceptors (Lipinski definition) is 5. The summed E-state index contributed by atoms with van der Waals surface area (Å²) in [5, 5.41) is 0. The number of carbonyl (C=O) groups is 3. The van der Waals surface area contributed by atoms with Crippen molar-refractivity contribution in [3.8, 4) is 0 Å². The van der Waals surface area contributed by atoms with Crippen molar-refractivity contribution in [2.24, 2.45) is 5.92 Å². The van der Waals surface area contributed by atoms with Crippen LogP contribution in [0.25, 0.3) is 0 Å². The zero-order chi connectivity index (χ0) is 22.8. The minimum Gasteiger partial charge on any atom is -0.380 e. The number of nitrogens with one attached hydrogen (secondary N) is 2. The summed E-state index contributed by atoms with van der Waals surface area (Å²) in [6.45, 7) is 12.6. The highest BCUT2D eigenvalue weighted by Crippen LogP contribution is 2.26. The van der Waals surface area contributed by atoms with E-state index in [-0.39, 0.29) is 5.91 Å². The molecule has 1 aromatic rings. The highest BCUT2D eigenvalue weighted by molar-refractivity contribution is 5.96. The van der Waals surface area contributed by atoms with Crippen LogP contribution in [0.4, 0.5) is 5.69 Å². The number of ether oxygens (including phenoxy) is 1. The molecule has 1 saturated heterocycles. The number of carbonyl (C=O) groups excluding carboxylic acids is 3. The van der Waals surface area contributed by atoms with Gasteiger partial charge in [-0.25, -0.2) is 0 Å². The van der Waals surface area contributed by atoms with Crippen LogP contribution < -0.4 is 15.8 Å². The molecule has 0 spiro atoms. The topological polar surface area (TPSA) is 87.7 Å². The predicted octanol–water partition coefficient (Wildman–Crippen LogP) is 3.64. The Morgan fingerprint density at radius 3 is 2.33 bits per heavy atom. The molecule has 1 heterocycles. The Hall–Kier alpha value is -2.67. The normalized spacial score (nSPS) is 13.1. The molecule has 1 aromatic carbocycles. The van der Waals surface area contributed by atoms with E-state index in [4.69, 9.17) is 9.53 Å². The molecule has 0 saturated carbocycles. The van der Waals surface area contributed by atoms with Crippen LogP contribution in [0.1, 0.15) is 61.9 Å². The summed E-state index contributed by atoms with van der Waals surface area (Å²) < 4.78 is 5.20. The number of rotatable bonds is 9. The van der Waals surface area contributed by atoms with Crippen molar-refractivity contribution >= 4 is 24.8 Å². The lowest BCUT2D eigenvalue weighted by molar-refractivity contribution is -0.110. The highest BCUT2D eigenvalue weighted by atomic mass is 16.5. The molecule has 2 N–H and O–H groups in total. The third-order valence-corrected chi connectivity index (χ3v) is 4.82. The molecule has 30 heavy (non-hydrogen) atoms. The fourth-order valence-corrected chi connectivity index (χ4v) is 3.18. The van der Waals surface area contributed by atoms with Gasteiger partial charge in [0.25, 0.3) is 5.91 Å².